The number of hydrogen-bond donors (Lipinski definition) is 1. The van der Waals surface area contributed by atoms with Gasteiger partial charge in [0.2, 0.25) is 11.8 Å². The van der Waals surface area contributed by atoms with E-state index in [0.717, 1.165) is 17.1 Å². The van der Waals surface area contributed by atoms with Gasteiger partial charge in [-0.3, -0.25) is 13.9 Å². The van der Waals surface area contributed by atoms with E-state index in [9.17, 15) is 18.0 Å². The lowest BCUT2D eigenvalue weighted by Gasteiger charge is -2.32. The van der Waals surface area contributed by atoms with E-state index in [2.05, 4.69) is 5.32 Å². The highest BCUT2D eigenvalue weighted by Crippen LogP contribution is 2.38. The van der Waals surface area contributed by atoms with Gasteiger partial charge in [-0.2, -0.15) is 0 Å². The van der Waals surface area contributed by atoms with Crippen LogP contribution in [-0.4, -0.2) is 79.8 Å². The number of carbonyl (C=O) groups is 2. The number of methoxy groups -OCH3 is 5. The summed E-state index contributed by atoms with van der Waals surface area (Å²) in [4.78, 5) is 28.7. The predicted octanol–water partition coefficient (Wildman–Crippen LogP) is 4.26. The Kier molecular flexibility index (Phi) is 12.9. The Morgan fingerprint density at radius 2 is 1.46 bits per heavy atom. The Balaban J connectivity index is 2.15. The normalized spacial score (nSPS) is 11.6. The fourth-order valence-corrected chi connectivity index (χ4v) is 6.13. The van der Waals surface area contributed by atoms with Crippen molar-refractivity contribution in [3.05, 3.63) is 66.2 Å². The molecule has 1 N–H and O–H groups in total. The summed E-state index contributed by atoms with van der Waals surface area (Å²) in [6.07, 6.45) is 1.65. The number of benzene rings is 3. The molecule has 3 aromatic rings. The van der Waals surface area contributed by atoms with E-state index in [0.29, 0.717) is 29.4 Å². The van der Waals surface area contributed by atoms with E-state index in [1.165, 1.54) is 64.7 Å². The minimum absolute atomic E-state index is 0.0118. The molecule has 0 unspecified atom stereocenters. The molecule has 0 saturated heterocycles. The van der Waals surface area contributed by atoms with Crippen LogP contribution in [-0.2, 0) is 26.2 Å². The van der Waals surface area contributed by atoms with Crippen molar-refractivity contribution in [1.82, 2.24) is 10.2 Å². The first-order valence-corrected chi connectivity index (χ1v) is 16.1. The standard InChI is InChI=1S/C33H43N3O9S/c1-8-9-17-34-33(38)23(2)35(21-24-11-10-12-25(18-24)41-3)32(37)22-36(28-19-26(42-4)13-15-29(28)43-5)46(39,40)27-14-16-30(44-6)31(20-27)45-7/h10-16,18-20,23H,8-9,17,21-22H2,1-7H3,(H,34,38)/t23-/m0/s1. The third kappa shape index (κ3) is 8.53. The zero-order chi connectivity index (χ0) is 33.9. The Morgan fingerprint density at radius 1 is 0.804 bits per heavy atom. The summed E-state index contributed by atoms with van der Waals surface area (Å²) in [6, 6.07) is 14.9. The lowest BCUT2D eigenvalue weighted by Crippen LogP contribution is -2.51. The number of hydrogen-bond acceptors (Lipinski definition) is 9. The monoisotopic (exact) mass is 657 g/mol. The van der Waals surface area contributed by atoms with Gasteiger partial charge in [0.25, 0.3) is 10.0 Å². The van der Waals surface area contributed by atoms with Gasteiger partial charge in [0.1, 0.15) is 29.8 Å². The van der Waals surface area contributed by atoms with Gasteiger partial charge in [0.15, 0.2) is 11.5 Å². The van der Waals surface area contributed by atoms with Gasteiger partial charge in [0, 0.05) is 25.2 Å². The van der Waals surface area contributed by atoms with Crippen molar-refractivity contribution in [3.8, 4) is 28.7 Å². The molecular formula is C33H43N3O9S. The molecule has 0 aliphatic carbocycles. The molecule has 0 saturated carbocycles. The van der Waals surface area contributed by atoms with Crippen LogP contribution in [0.15, 0.2) is 65.6 Å². The molecule has 0 fully saturated rings. The van der Waals surface area contributed by atoms with Crippen molar-refractivity contribution < 1.29 is 41.7 Å². The number of sulfonamides is 1. The lowest BCUT2D eigenvalue weighted by atomic mass is 10.1. The van der Waals surface area contributed by atoms with Gasteiger partial charge in [-0.05, 0) is 55.3 Å². The molecule has 250 valence electrons. The Labute approximate surface area is 271 Å². The number of nitrogens with one attached hydrogen (secondary N) is 1. The van der Waals surface area contributed by atoms with Crippen LogP contribution in [0.25, 0.3) is 0 Å². The topological polar surface area (TPSA) is 133 Å². The van der Waals surface area contributed by atoms with E-state index in [1.807, 2.05) is 6.92 Å². The maximum atomic E-state index is 14.4. The molecule has 0 bridgehead atoms. The first-order chi connectivity index (χ1) is 22.0. The molecule has 12 nitrogen and oxygen atoms in total. The van der Waals surface area contributed by atoms with Gasteiger partial charge in [0.05, 0.1) is 46.1 Å². The third-order valence-corrected chi connectivity index (χ3v) is 9.12. The van der Waals surface area contributed by atoms with Crippen molar-refractivity contribution in [1.29, 1.82) is 0 Å². The zero-order valence-electron chi connectivity index (χ0n) is 27.4. The minimum atomic E-state index is -4.45. The molecule has 2 amide bonds. The van der Waals surface area contributed by atoms with Crippen LogP contribution in [0.2, 0.25) is 0 Å². The van der Waals surface area contributed by atoms with E-state index < -0.39 is 28.5 Å². The van der Waals surface area contributed by atoms with Gasteiger partial charge in [-0.15, -0.1) is 0 Å². The van der Waals surface area contributed by atoms with Crippen molar-refractivity contribution >= 4 is 27.5 Å². The number of amides is 2. The molecule has 1 atom stereocenters. The van der Waals surface area contributed by atoms with Gasteiger partial charge < -0.3 is 33.9 Å². The van der Waals surface area contributed by atoms with Crippen LogP contribution < -0.4 is 33.3 Å². The summed E-state index contributed by atoms with van der Waals surface area (Å²) in [5, 5.41) is 2.87. The highest BCUT2D eigenvalue weighted by atomic mass is 32.2. The van der Waals surface area contributed by atoms with Crippen LogP contribution >= 0.6 is 0 Å². The van der Waals surface area contributed by atoms with Gasteiger partial charge >= 0.3 is 0 Å². The third-order valence-electron chi connectivity index (χ3n) is 7.36. The Bertz CT molecular complexity index is 1600. The number of anilines is 1. The number of ether oxygens (including phenoxy) is 5. The summed E-state index contributed by atoms with van der Waals surface area (Å²) < 4.78 is 56.7. The molecular weight excluding hydrogens is 614 g/mol. The number of unbranched alkanes of at least 4 members (excludes halogenated alkanes) is 1. The molecule has 13 heteroatoms. The molecule has 0 heterocycles. The second-order valence-electron chi connectivity index (χ2n) is 10.3. The summed E-state index contributed by atoms with van der Waals surface area (Å²) in [5.41, 5.74) is 0.750. The molecule has 3 rings (SSSR count). The van der Waals surface area contributed by atoms with E-state index >= 15 is 0 Å². The number of rotatable bonds is 17. The van der Waals surface area contributed by atoms with Gasteiger partial charge in [-0.1, -0.05) is 25.5 Å². The number of carbonyl (C=O) groups excluding carboxylic acids is 2. The molecule has 0 spiro atoms. The second-order valence-corrected chi connectivity index (χ2v) is 12.1. The maximum absolute atomic E-state index is 14.4. The average Bonchev–Trinajstić information content (AvgIpc) is 3.08. The second kappa shape index (κ2) is 16.6. The summed E-state index contributed by atoms with van der Waals surface area (Å²) in [6.45, 7) is 3.41. The molecule has 46 heavy (non-hydrogen) atoms. The fraction of sp³-hybridized carbons (Fsp3) is 0.394. The van der Waals surface area contributed by atoms with Crippen LogP contribution in [0.4, 0.5) is 5.69 Å². The fourth-order valence-electron chi connectivity index (χ4n) is 4.70. The van der Waals surface area contributed by atoms with Crippen LogP contribution in [0, 0.1) is 0 Å². The molecule has 0 aromatic heterocycles. The zero-order valence-corrected chi connectivity index (χ0v) is 28.2. The van der Waals surface area contributed by atoms with E-state index in [-0.39, 0.29) is 34.5 Å². The van der Waals surface area contributed by atoms with Crippen molar-refractivity contribution in [2.24, 2.45) is 0 Å². The molecule has 3 aromatic carbocycles. The number of nitrogens with zero attached hydrogens (tertiary/aromatic N) is 2. The maximum Gasteiger partial charge on any atom is 0.265 e. The van der Waals surface area contributed by atoms with Crippen molar-refractivity contribution in [2.75, 3.05) is 52.9 Å². The Morgan fingerprint density at radius 3 is 2.09 bits per heavy atom. The van der Waals surface area contributed by atoms with Gasteiger partial charge in [-0.25, -0.2) is 8.42 Å². The Hall–Kier alpha value is -4.65. The summed E-state index contributed by atoms with van der Waals surface area (Å²) in [5.74, 6) is 0.617. The highest BCUT2D eigenvalue weighted by Gasteiger charge is 2.34. The largest absolute Gasteiger partial charge is 0.497 e. The quantitative estimate of drug-likeness (QED) is 0.212. The van der Waals surface area contributed by atoms with Crippen molar-refractivity contribution in [2.45, 2.75) is 44.2 Å². The van der Waals surface area contributed by atoms with Crippen LogP contribution in [0.5, 0.6) is 28.7 Å². The minimum Gasteiger partial charge on any atom is -0.497 e. The van der Waals surface area contributed by atoms with Crippen LogP contribution in [0.3, 0.4) is 0 Å². The van der Waals surface area contributed by atoms with Crippen molar-refractivity contribution in [3.63, 3.8) is 0 Å². The van der Waals surface area contributed by atoms with E-state index in [4.69, 9.17) is 23.7 Å². The molecule has 0 aliphatic heterocycles. The highest BCUT2D eigenvalue weighted by molar-refractivity contribution is 7.92. The van der Waals surface area contributed by atoms with E-state index in [1.54, 1.807) is 43.3 Å². The predicted molar refractivity (Wildman–Crippen MR) is 175 cm³/mol. The average molecular weight is 658 g/mol. The lowest BCUT2D eigenvalue weighted by molar-refractivity contribution is -0.139. The first-order valence-electron chi connectivity index (χ1n) is 14.7. The first kappa shape index (κ1) is 35.8. The van der Waals surface area contributed by atoms with Crippen LogP contribution in [0.1, 0.15) is 32.3 Å². The SMILES string of the molecule is CCCCNC(=O)[C@H](C)N(Cc1cccc(OC)c1)C(=O)CN(c1cc(OC)ccc1OC)S(=O)(=O)c1ccc(OC)c(OC)c1. The molecule has 0 aliphatic rings. The molecule has 0 radical (unpaired) electrons. The smallest absolute Gasteiger partial charge is 0.265 e. The summed E-state index contributed by atoms with van der Waals surface area (Å²) in [7, 11) is 2.75. The summed E-state index contributed by atoms with van der Waals surface area (Å²) >= 11 is 0.